The largest absolute Gasteiger partial charge is 0.493 e. The van der Waals surface area contributed by atoms with E-state index in [1.807, 2.05) is 6.07 Å². The third-order valence-corrected chi connectivity index (χ3v) is 8.77. The number of methoxy groups -OCH3 is 2. The van der Waals surface area contributed by atoms with Gasteiger partial charge in [-0.25, -0.2) is 0 Å². The lowest BCUT2D eigenvalue weighted by atomic mass is 10.0. The van der Waals surface area contributed by atoms with Crippen molar-refractivity contribution in [2.45, 2.75) is 83.5 Å². The van der Waals surface area contributed by atoms with E-state index < -0.39 is 0 Å². The normalized spacial score (nSPS) is 13.7. The number of ether oxygens (including phenoxy) is 2. The summed E-state index contributed by atoms with van der Waals surface area (Å²) in [5, 5.41) is 0. The maximum atomic E-state index is 5.57. The van der Waals surface area contributed by atoms with Crippen molar-refractivity contribution in [2.75, 3.05) is 32.2 Å². The molecule has 2 aliphatic rings. The molecule has 208 valence electrons. The van der Waals surface area contributed by atoms with Crippen LogP contribution in [0.1, 0.15) is 87.3 Å². The average Bonchev–Trinajstić information content (AvgIpc) is 3.73. The van der Waals surface area contributed by atoms with Gasteiger partial charge in [0.1, 0.15) is 0 Å². The number of anilines is 1. The summed E-state index contributed by atoms with van der Waals surface area (Å²) in [5.74, 6) is 2.70. The molecule has 0 radical (unpaired) electrons. The molecule has 0 atom stereocenters. The van der Waals surface area contributed by atoms with E-state index in [0.717, 1.165) is 43.3 Å². The van der Waals surface area contributed by atoms with Gasteiger partial charge < -0.3 is 14.4 Å². The van der Waals surface area contributed by atoms with Crippen LogP contribution >= 0.6 is 0 Å². The zero-order valence-electron chi connectivity index (χ0n) is 24.2. The fourth-order valence-electron chi connectivity index (χ4n) is 6.29. The van der Waals surface area contributed by atoms with Gasteiger partial charge in [0, 0.05) is 25.2 Å². The molecule has 1 fully saturated rings. The average molecular weight is 526 g/mol. The number of fused-ring (bicyclic) bond motifs is 3. The van der Waals surface area contributed by atoms with Gasteiger partial charge >= 0.3 is 0 Å². The zero-order chi connectivity index (χ0) is 26.9. The van der Waals surface area contributed by atoms with Crippen molar-refractivity contribution in [2.24, 2.45) is 5.92 Å². The topological polar surface area (TPSA) is 21.7 Å². The Hall–Kier alpha value is -2.94. The number of hydrogen-bond acceptors (Lipinski definition) is 3. The molecule has 0 N–H and O–H groups in total. The highest BCUT2D eigenvalue weighted by molar-refractivity contribution is 5.82. The van der Waals surface area contributed by atoms with Crippen molar-refractivity contribution in [3.8, 4) is 22.6 Å². The van der Waals surface area contributed by atoms with E-state index in [9.17, 15) is 0 Å². The molecule has 0 spiro atoms. The van der Waals surface area contributed by atoms with Crippen molar-refractivity contribution in [3.05, 3.63) is 77.4 Å². The molecule has 3 aromatic rings. The van der Waals surface area contributed by atoms with Crippen LogP contribution in [0.3, 0.4) is 0 Å². The monoisotopic (exact) mass is 525 g/mol. The molecular weight excluding hydrogens is 478 g/mol. The molecule has 0 unspecified atom stereocenters. The molecule has 1 saturated carbocycles. The molecule has 0 aromatic heterocycles. The van der Waals surface area contributed by atoms with Crippen molar-refractivity contribution in [1.82, 2.24) is 0 Å². The van der Waals surface area contributed by atoms with E-state index in [-0.39, 0.29) is 0 Å². The number of unbranched alkanes of at least 4 members (excludes halogenated alkanes) is 7. The maximum Gasteiger partial charge on any atom is 0.160 e. The van der Waals surface area contributed by atoms with Crippen molar-refractivity contribution in [3.63, 3.8) is 0 Å². The lowest BCUT2D eigenvalue weighted by molar-refractivity contribution is 0.354. The van der Waals surface area contributed by atoms with Gasteiger partial charge in [0.2, 0.25) is 0 Å². The third-order valence-electron chi connectivity index (χ3n) is 8.77. The van der Waals surface area contributed by atoms with Crippen molar-refractivity contribution in [1.29, 1.82) is 0 Å². The quantitative estimate of drug-likeness (QED) is 0.128. The summed E-state index contributed by atoms with van der Waals surface area (Å²) in [7, 11) is 3.41. The Morgan fingerprint density at radius 1 is 0.692 bits per heavy atom. The van der Waals surface area contributed by atoms with E-state index in [0.29, 0.717) is 0 Å². The highest BCUT2D eigenvalue weighted by atomic mass is 16.5. The first-order valence-corrected chi connectivity index (χ1v) is 15.4. The van der Waals surface area contributed by atoms with E-state index in [1.165, 1.54) is 104 Å². The Morgan fingerprint density at radius 2 is 1.41 bits per heavy atom. The molecule has 0 saturated heterocycles. The highest BCUT2D eigenvalue weighted by Crippen LogP contribution is 2.41. The molecule has 0 heterocycles. The van der Waals surface area contributed by atoms with Crippen LogP contribution in [0.5, 0.6) is 11.5 Å². The summed E-state index contributed by atoms with van der Waals surface area (Å²) in [5.41, 5.74) is 8.48. The minimum atomic E-state index is 0.791. The predicted octanol–water partition coefficient (Wildman–Crippen LogP) is 9.25. The number of hydrogen-bond donors (Lipinski definition) is 0. The van der Waals surface area contributed by atoms with Crippen LogP contribution in [-0.4, -0.2) is 27.3 Å². The molecule has 2 aliphatic carbocycles. The lowest BCUT2D eigenvalue weighted by Gasteiger charge is -2.28. The van der Waals surface area contributed by atoms with Crippen molar-refractivity contribution >= 4 is 5.69 Å². The van der Waals surface area contributed by atoms with Crippen LogP contribution in [0, 0.1) is 5.92 Å². The standard InChI is InChI=1S/C36H47NO2/c1-38-35-22-21-29(26-36(35)39-2)23-25-37(24-12-8-6-4-3-5-7-9-14-28-19-20-28)34-18-13-17-32-31-16-11-10-15-30(31)27-33(32)34/h10-11,13,15-18,21-22,26,28H,3-9,12,14,19-20,23-25,27H2,1-2H3. The van der Waals surface area contributed by atoms with Gasteiger partial charge in [-0.1, -0.05) is 107 Å². The van der Waals surface area contributed by atoms with Crippen LogP contribution in [0.4, 0.5) is 5.69 Å². The Bertz CT molecular complexity index is 1200. The van der Waals surface area contributed by atoms with E-state index >= 15 is 0 Å². The summed E-state index contributed by atoms with van der Waals surface area (Å²) in [4.78, 5) is 2.65. The van der Waals surface area contributed by atoms with Gasteiger partial charge in [-0.2, -0.15) is 0 Å². The van der Waals surface area contributed by atoms with Crippen LogP contribution in [0.25, 0.3) is 11.1 Å². The first-order chi connectivity index (χ1) is 19.3. The zero-order valence-corrected chi connectivity index (χ0v) is 24.2. The molecule has 5 rings (SSSR count). The predicted molar refractivity (Wildman–Crippen MR) is 164 cm³/mol. The molecule has 3 aromatic carbocycles. The number of benzene rings is 3. The SMILES string of the molecule is COc1ccc(CCN(CCCCCCCCCCC2CC2)c2cccc3c2Cc2ccccc2-3)cc1OC. The molecule has 3 nitrogen and oxygen atoms in total. The van der Waals surface area contributed by atoms with Gasteiger partial charge in [0.05, 0.1) is 14.2 Å². The minimum Gasteiger partial charge on any atom is -0.493 e. The second-order valence-electron chi connectivity index (χ2n) is 11.6. The first-order valence-electron chi connectivity index (χ1n) is 15.4. The van der Waals surface area contributed by atoms with Gasteiger partial charge in [-0.05, 0) is 64.8 Å². The van der Waals surface area contributed by atoms with Crippen LogP contribution in [0.15, 0.2) is 60.7 Å². The minimum absolute atomic E-state index is 0.791. The third kappa shape index (κ3) is 7.38. The van der Waals surface area contributed by atoms with Gasteiger partial charge in [0.25, 0.3) is 0 Å². The molecule has 3 heteroatoms. The second-order valence-corrected chi connectivity index (χ2v) is 11.6. The Labute approximate surface area is 236 Å². The van der Waals surface area contributed by atoms with E-state index in [1.54, 1.807) is 14.2 Å². The fraction of sp³-hybridized carbons (Fsp3) is 0.500. The van der Waals surface area contributed by atoms with Crippen LogP contribution in [0.2, 0.25) is 0 Å². The van der Waals surface area contributed by atoms with Gasteiger partial charge in [-0.3, -0.25) is 0 Å². The van der Waals surface area contributed by atoms with E-state index in [2.05, 4.69) is 59.5 Å². The lowest BCUT2D eigenvalue weighted by Crippen LogP contribution is -2.28. The Balaban J connectivity index is 1.19. The van der Waals surface area contributed by atoms with Gasteiger partial charge in [-0.15, -0.1) is 0 Å². The maximum absolute atomic E-state index is 5.57. The number of nitrogens with zero attached hydrogens (tertiary/aromatic N) is 1. The smallest absolute Gasteiger partial charge is 0.160 e. The molecule has 0 bridgehead atoms. The number of rotatable bonds is 17. The first kappa shape index (κ1) is 27.6. The molecule has 39 heavy (non-hydrogen) atoms. The van der Waals surface area contributed by atoms with E-state index in [4.69, 9.17) is 9.47 Å². The summed E-state index contributed by atoms with van der Waals surface area (Å²) >= 11 is 0. The molecule has 0 amide bonds. The summed E-state index contributed by atoms with van der Waals surface area (Å²) in [6, 6.07) is 22.2. The summed E-state index contributed by atoms with van der Waals surface area (Å²) in [6.07, 6.45) is 17.6. The Kier molecular flexibility index (Phi) is 9.86. The highest BCUT2D eigenvalue weighted by Gasteiger charge is 2.23. The van der Waals surface area contributed by atoms with Crippen molar-refractivity contribution < 1.29 is 9.47 Å². The van der Waals surface area contributed by atoms with Crippen LogP contribution in [-0.2, 0) is 12.8 Å². The van der Waals surface area contributed by atoms with Gasteiger partial charge in [0.15, 0.2) is 11.5 Å². The molecular formula is C36H47NO2. The fourth-order valence-corrected chi connectivity index (χ4v) is 6.29. The Morgan fingerprint density at radius 3 is 2.18 bits per heavy atom. The summed E-state index contributed by atoms with van der Waals surface area (Å²) < 4.78 is 11.0. The molecule has 0 aliphatic heterocycles. The summed E-state index contributed by atoms with van der Waals surface area (Å²) in [6.45, 7) is 2.12. The second kappa shape index (κ2) is 13.9. The van der Waals surface area contributed by atoms with Crippen LogP contribution < -0.4 is 14.4 Å².